The zero-order valence-electron chi connectivity index (χ0n) is 8.13. The summed E-state index contributed by atoms with van der Waals surface area (Å²) in [5.74, 6) is -3.91. The molecule has 0 aliphatic heterocycles. The maximum atomic E-state index is 12.4. The molecule has 0 bridgehead atoms. The van der Waals surface area contributed by atoms with Crippen LogP contribution in [-0.2, 0) is 14.3 Å². The van der Waals surface area contributed by atoms with Crippen LogP contribution in [0.25, 0.3) is 0 Å². The third-order valence-electron chi connectivity index (χ3n) is 2.51. The predicted molar refractivity (Wildman–Crippen MR) is 43.9 cm³/mol. The minimum Gasteiger partial charge on any atom is -0.469 e. The number of ketones is 1. The molecule has 1 fully saturated rings. The summed E-state index contributed by atoms with van der Waals surface area (Å²) in [5.41, 5.74) is 0. The molecule has 2 atom stereocenters. The summed E-state index contributed by atoms with van der Waals surface area (Å²) < 4.78 is 41.4. The number of halogens is 3. The highest BCUT2D eigenvalue weighted by atomic mass is 19.4. The van der Waals surface area contributed by atoms with Gasteiger partial charge in [-0.1, -0.05) is 0 Å². The van der Waals surface area contributed by atoms with Crippen LogP contribution < -0.4 is 0 Å². The molecular formula is C9H11F3O3. The minimum absolute atomic E-state index is 0.140. The lowest BCUT2D eigenvalue weighted by Crippen LogP contribution is -2.36. The number of carbonyl (C=O) groups excluding carboxylic acids is 2. The van der Waals surface area contributed by atoms with Gasteiger partial charge in [0, 0.05) is 12.8 Å². The van der Waals surface area contributed by atoms with Gasteiger partial charge in [-0.2, -0.15) is 13.2 Å². The van der Waals surface area contributed by atoms with Crippen LogP contribution in [0.4, 0.5) is 13.2 Å². The van der Waals surface area contributed by atoms with Crippen molar-refractivity contribution in [2.75, 3.05) is 7.11 Å². The molecule has 15 heavy (non-hydrogen) atoms. The number of hydrogen-bond acceptors (Lipinski definition) is 3. The molecule has 0 radical (unpaired) electrons. The van der Waals surface area contributed by atoms with Crippen LogP contribution in [0.2, 0.25) is 0 Å². The number of hydrogen-bond donors (Lipinski definition) is 0. The lowest BCUT2D eigenvalue weighted by Gasteiger charge is -2.27. The van der Waals surface area contributed by atoms with Crippen molar-refractivity contribution in [2.45, 2.75) is 25.4 Å². The molecule has 1 aliphatic carbocycles. The van der Waals surface area contributed by atoms with Gasteiger partial charge < -0.3 is 4.74 Å². The van der Waals surface area contributed by atoms with E-state index in [1.807, 2.05) is 0 Å². The number of ether oxygens (including phenoxy) is 1. The Labute approximate surface area is 84.6 Å². The van der Waals surface area contributed by atoms with Crippen molar-refractivity contribution < 1.29 is 27.5 Å². The van der Waals surface area contributed by atoms with Gasteiger partial charge in [-0.05, 0) is 6.42 Å². The summed E-state index contributed by atoms with van der Waals surface area (Å²) in [7, 11) is 1.10. The molecule has 86 valence electrons. The van der Waals surface area contributed by atoms with Gasteiger partial charge in [-0.25, -0.2) is 0 Å². The molecule has 6 heteroatoms. The van der Waals surface area contributed by atoms with Gasteiger partial charge in [0.15, 0.2) is 0 Å². The van der Waals surface area contributed by atoms with Crippen molar-refractivity contribution in [3.05, 3.63) is 0 Å². The molecule has 0 aromatic rings. The normalized spacial score (nSPS) is 27.6. The van der Waals surface area contributed by atoms with E-state index in [-0.39, 0.29) is 12.8 Å². The number of methoxy groups -OCH3 is 1. The van der Waals surface area contributed by atoms with Crippen molar-refractivity contribution in [3.63, 3.8) is 0 Å². The fourth-order valence-electron chi connectivity index (χ4n) is 1.74. The smallest absolute Gasteiger partial charge is 0.392 e. The third-order valence-corrected chi connectivity index (χ3v) is 2.51. The molecule has 0 amide bonds. The number of esters is 1. The van der Waals surface area contributed by atoms with Crippen LogP contribution in [0.1, 0.15) is 19.3 Å². The fraction of sp³-hybridized carbons (Fsp3) is 0.778. The highest BCUT2D eigenvalue weighted by Gasteiger charge is 2.46. The zero-order chi connectivity index (χ0) is 11.6. The molecule has 0 aromatic carbocycles. The summed E-state index contributed by atoms with van der Waals surface area (Å²) >= 11 is 0. The van der Waals surface area contributed by atoms with Crippen molar-refractivity contribution in [1.82, 2.24) is 0 Å². The summed E-state index contributed by atoms with van der Waals surface area (Å²) in [6, 6.07) is 0. The van der Waals surface area contributed by atoms with E-state index in [9.17, 15) is 22.8 Å². The van der Waals surface area contributed by atoms with Gasteiger partial charge in [0.1, 0.15) is 5.78 Å². The third kappa shape index (κ3) is 2.94. The maximum absolute atomic E-state index is 12.4. The molecule has 0 spiro atoms. The van der Waals surface area contributed by atoms with Gasteiger partial charge in [-0.15, -0.1) is 0 Å². The molecule has 1 aliphatic rings. The number of Topliss-reactive ketones (excluding diaryl/α,β-unsaturated/α-hetero) is 1. The van der Waals surface area contributed by atoms with Crippen molar-refractivity contribution >= 4 is 11.8 Å². The first-order valence-electron chi connectivity index (χ1n) is 4.51. The van der Waals surface area contributed by atoms with Gasteiger partial charge in [-0.3, -0.25) is 9.59 Å². The fourth-order valence-corrected chi connectivity index (χ4v) is 1.74. The van der Waals surface area contributed by atoms with Gasteiger partial charge >= 0.3 is 12.1 Å². The van der Waals surface area contributed by atoms with E-state index in [2.05, 4.69) is 4.74 Å². The molecule has 0 aromatic heterocycles. The van der Waals surface area contributed by atoms with E-state index in [0.29, 0.717) is 0 Å². The van der Waals surface area contributed by atoms with Crippen molar-refractivity contribution in [1.29, 1.82) is 0 Å². The number of carbonyl (C=O) groups is 2. The van der Waals surface area contributed by atoms with E-state index in [0.717, 1.165) is 7.11 Å². The highest BCUT2D eigenvalue weighted by molar-refractivity contribution is 5.85. The Hall–Kier alpha value is -1.07. The van der Waals surface area contributed by atoms with E-state index >= 15 is 0 Å². The largest absolute Gasteiger partial charge is 0.469 e. The minimum atomic E-state index is -4.41. The van der Waals surface area contributed by atoms with Crippen LogP contribution in [0.5, 0.6) is 0 Å². The molecule has 0 heterocycles. The van der Waals surface area contributed by atoms with Gasteiger partial charge in [0.25, 0.3) is 0 Å². The monoisotopic (exact) mass is 224 g/mol. The second-order valence-corrected chi connectivity index (χ2v) is 3.64. The SMILES string of the molecule is COC(=O)C1CC(=O)CC(C(F)(F)F)C1. The summed E-state index contributed by atoms with van der Waals surface area (Å²) in [4.78, 5) is 22.1. The quantitative estimate of drug-likeness (QED) is 0.637. The van der Waals surface area contributed by atoms with Crippen LogP contribution in [0.15, 0.2) is 0 Å². The Bertz CT molecular complexity index is 272. The average Bonchev–Trinajstić information content (AvgIpc) is 2.14. The first-order chi connectivity index (χ1) is 6.84. The highest BCUT2D eigenvalue weighted by Crippen LogP contribution is 2.38. The lowest BCUT2D eigenvalue weighted by atomic mass is 9.80. The zero-order valence-corrected chi connectivity index (χ0v) is 8.13. The van der Waals surface area contributed by atoms with Gasteiger partial charge in [0.2, 0.25) is 0 Å². The standard InChI is InChI=1S/C9H11F3O3/c1-15-8(14)5-2-6(9(10,11)12)4-7(13)3-5/h5-6H,2-4H2,1H3. The first kappa shape index (κ1) is 12.0. The molecule has 0 saturated heterocycles. The lowest BCUT2D eigenvalue weighted by molar-refractivity contribution is -0.190. The van der Waals surface area contributed by atoms with E-state index in [1.165, 1.54) is 0 Å². The Kier molecular flexibility index (Phi) is 3.36. The van der Waals surface area contributed by atoms with E-state index < -0.39 is 36.2 Å². The van der Waals surface area contributed by atoms with E-state index in [4.69, 9.17) is 0 Å². The van der Waals surface area contributed by atoms with Crippen LogP contribution in [-0.4, -0.2) is 25.0 Å². The number of alkyl halides is 3. The second kappa shape index (κ2) is 4.20. The molecule has 2 unspecified atom stereocenters. The molecule has 3 nitrogen and oxygen atoms in total. The summed E-state index contributed by atoms with van der Waals surface area (Å²) in [6.07, 6.45) is -5.42. The molecule has 1 rings (SSSR count). The van der Waals surface area contributed by atoms with Crippen molar-refractivity contribution in [3.8, 4) is 0 Å². The summed E-state index contributed by atoms with van der Waals surface area (Å²) in [6.45, 7) is 0. The summed E-state index contributed by atoms with van der Waals surface area (Å²) in [5, 5.41) is 0. The maximum Gasteiger partial charge on any atom is 0.392 e. The van der Waals surface area contributed by atoms with Crippen molar-refractivity contribution in [2.24, 2.45) is 11.8 Å². The first-order valence-corrected chi connectivity index (χ1v) is 4.51. The molecule has 0 N–H and O–H groups in total. The Morgan fingerprint density at radius 2 is 2.00 bits per heavy atom. The number of rotatable bonds is 1. The average molecular weight is 224 g/mol. The van der Waals surface area contributed by atoms with Crippen LogP contribution >= 0.6 is 0 Å². The Morgan fingerprint density at radius 1 is 1.40 bits per heavy atom. The van der Waals surface area contributed by atoms with Crippen LogP contribution in [0, 0.1) is 11.8 Å². The topological polar surface area (TPSA) is 43.4 Å². The molecular weight excluding hydrogens is 213 g/mol. The van der Waals surface area contributed by atoms with Gasteiger partial charge in [0.05, 0.1) is 18.9 Å². The Balaban J connectivity index is 2.72. The molecule has 1 saturated carbocycles. The van der Waals surface area contributed by atoms with Crippen LogP contribution in [0.3, 0.4) is 0 Å². The van der Waals surface area contributed by atoms with E-state index in [1.54, 1.807) is 0 Å². The predicted octanol–water partition coefficient (Wildman–Crippen LogP) is 1.71. The Morgan fingerprint density at radius 3 is 2.47 bits per heavy atom. The second-order valence-electron chi connectivity index (χ2n) is 3.64.